The maximum absolute atomic E-state index is 13.3. The zero-order valence-electron chi connectivity index (χ0n) is 19.8. The summed E-state index contributed by atoms with van der Waals surface area (Å²) < 4.78 is 0. The number of carbonyl (C=O) groups is 2. The topological polar surface area (TPSA) is 71.7 Å². The Bertz CT molecular complexity index is 1160. The number of fused-ring (bicyclic) bond motifs is 2. The molecular formula is C27H33N5O2. The molecule has 1 saturated heterocycles. The maximum Gasteiger partial charge on any atom is 0.229 e. The number of anilines is 2. The van der Waals surface area contributed by atoms with Gasteiger partial charge in [-0.2, -0.15) is 0 Å². The Balaban J connectivity index is 1.26. The highest BCUT2D eigenvalue weighted by atomic mass is 16.2. The molecule has 2 aliphatic heterocycles. The Hall–Kier alpha value is -3.32. The summed E-state index contributed by atoms with van der Waals surface area (Å²) >= 11 is 0. The van der Waals surface area contributed by atoms with Crippen LogP contribution < -0.4 is 15.1 Å². The average Bonchev–Trinajstić information content (AvgIpc) is 3.33. The fourth-order valence-electron chi connectivity index (χ4n) is 5.40. The lowest BCUT2D eigenvalue weighted by Crippen LogP contribution is -2.54. The second kappa shape index (κ2) is 9.89. The normalized spacial score (nSPS) is 18.7. The minimum absolute atomic E-state index is 0.0867. The number of para-hydroxylation sites is 1. The lowest BCUT2D eigenvalue weighted by atomic mass is 9.94. The fourth-order valence-corrected chi connectivity index (χ4v) is 5.40. The first kappa shape index (κ1) is 22.5. The van der Waals surface area contributed by atoms with E-state index in [4.69, 9.17) is 0 Å². The molecule has 34 heavy (non-hydrogen) atoms. The first-order valence-electron chi connectivity index (χ1n) is 12.3. The Labute approximate surface area is 200 Å². The lowest BCUT2D eigenvalue weighted by molar-refractivity contribution is -0.120. The van der Waals surface area contributed by atoms with Crippen molar-refractivity contribution in [2.45, 2.75) is 32.2 Å². The van der Waals surface area contributed by atoms with E-state index in [-0.39, 0.29) is 17.9 Å². The van der Waals surface area contributed by atoms with E-state index in [2.05, 4.69) is 56.5 Å². The largest absolute Gasteiger partial charge is 0.368 e. The molecule has 7 heteroatoms. The molecule has 3 heterocycles. The number of aryl methyl sites for hydroxylation is 1. The predicted octanol–water partition coefficient (Wildman–Crippen LogP) is 3.16. The summed E-state index contributed by atoms with van der Waals surface area (Å²) in [6, 6.07) is 17.0. The van der Waals surface area contributed by atoms with Gasteiger partial charge in [0.25, 0.3) is 0 Å². The van der Waals surface area contributed by atoms with Crippen molar-refractivity contribution in [3.05, 3.63) is 60.3 Å². The molecule has 2 amide bonds. The zero-order valence-corrected chi connectivity index (χ0v) is 19.8. The molecule has 3 aromatic rings. The number of hydrogen-bond donors (Lipinski definition) is 2. The summed E-state index contributed by atoms with van der Waals surface area (Å²) in [5.41, 5.74) is 4.73. The van der Waals surface area contributed by atoms with Gasteiger partial charge in [0.1, 0.15) is 0 Å². The summed E-state index contributed by atoms with van der Waals surface area (Å²) in [4.78, 5) is 34.8. The van der Waals surface area contributed by atoms with Gasteiger partial charge in [0.15, 0.2) is 0 Å². The van der Waals surface area contributed by atoms with E-state index in [0.717, 1.165) is 51.3 Å². The van der Waals surface area contributed by atoms with Crippen LogP contribution in [-0.2, 0) is 16.0 Å². The Morgan fingerprint density at radius 3 is 2.62 bits per heavy atom. The number of rotatable bonds is 6. The number of aromatic amines is 1. The molecule has 0 saturated carbocycles. The van der Waals surface area contributed by atoms with E-state index in [1.807, 2.05) is 23.2 Å². The van der Waals surface area contributed by atoms with Crippen LogP contribution in [0.25, 0.3) is 10.9 Å². The van der Waals surface area contributed by atoms with Crippen LogP contribution in [-0.4, -0.2) is 67.0 Å². The highest BCUT2D eigenvalue weighted by Gasteiger charge is 2.32. The van der Waals surface area contributed by atoms with E-state index in [9.17, 15) is 9.59 Å². The zero-order chi connectivity index (χ0) is 23.5. The smallest absolute Gasteiger partial charge is 0.229 e. The van der Waals surface area contributed by atoms with Crippen molar-refractivity contribution in [2.75, 3.05) is 49.1 Å². The SMILES string of the molecule is CC(=O)NCCC(=O)N1c2ccccc2CCC1CN1CCN(c2cccc3[nH]ccc23)CC1. The minimum atomic E-state index is -0.100. The van der Waals surface area contributed by atoms with Gasteiger partial charge in [-0.25, -0.2) is 0 Å². The first-order chi connectivity index (χ1) is 16.6. The number of amides is 2. The van der Waals surface area contributed by atoms with Crippen molar-refractivity contribution in [1.82, 2.24) is 15.2 Å². The molecule has 1 unspecified atom stereocenters. The second-order valence-electron chi connectivity index (χ2n) is 9.32. The van der Waals surface area contributed by atoms with E-state index in [0.29, 0.717) is 13.0 Å². The summed E-state index contributed by atoms with van der Waals surface area (Å²) in [5.74, 6) is -0.0136. The van der Waals surface area contributed by atoms with Crippen LogP contribution in [0.15, 0.2) is 54.7 Å². The van der Waals surface area contributed by atoms with Gasteiger partial charge in [0.2, 0.25) is 11.8 Å². The summed E-state index contributed by atoms with van der Waals surface area (Å²) in [5, 5.41) is 4.04. The van der Waals surface area contributed by atoms with Crippen LogP contribution >= 0.6 is 0 Å². The van der Waals surface area contributed by atoms with Crippen LogP contribution in [0.2, 0.25) is 0 Å². The molecule has 0 spiro atoms. The number of piperazine rings is 1. The van der Waals surface area contributed by atoms with Gasteiger partial charge in [-0.3, -0.25) is 14.5 Å². The summed E-state index contributed by atoms with van der Waals surface area (Å²) in [6.45, 7) is 6.65. The van der Waals surface area contributed by atoms with E-state index >= 15 is 0 Å². The molecule has 5 rings (SSSR count). The number of hydrogen-bond acceptors (Lipinski definition) is 4. The Morgan fingerprint density at radius 2 is 1.79 bits per heavy atom. The van der Waals surface area contributed by atoms with E-state index in [1.165, 1.54) is 29.1 Å². The third-order valence-corrected chi connectivity index (χ3v) is 7.10. The monoisotopic (exact) mass is 459 g/mol. The van der Waals surface area contributed by atoms with Crippen LogP contribution in [0.5, 0.6) is 0 Å². The average molecular weight is 460 g/mol. The Kier molecular flexibility index (Phi) is 6.54. The lowest BCUT2D eigenvalue weighted by Gasteiger charge is -2.42. The van der Waals surface area contributed by atoms with Crippen molar-refractivity contribution in [1.29, 1.82) is 0 Å². The van der Waals surface area contributed by atoms with Gasteiger partial charge >= 0.3 is 0 Å². The standard InChI is InChI=1S/C27H33N5O2/c1-20(33)28-14-12-27(34)32-22(10-9-21-5-2-3-7-25(21)32)19-30-15-17-31(18-16-30)26-8-4-6-24-23(26)11-13-29-24/h2-8,11,13,22,29H,9-10,12,14-19H2,1H3,(H,28,33). The van der Waals surface area contributed by atoms with Crippen LogP contribution in [0.4, 0.5) is 11.4 Å². The molecule has 2 aliphatic rings. The highest BCUT2D eigenvalue weighted by molar-refractivity contribution is 5.95. The molecule has 0 radical (unpaired) electrons. The van der Waals surface area contributed by atoms with Gasteiger partial charge in [0.05, 0.1) is 0 Å². The molecule has 1 atom stereocenters. The van der Waals surface area contributed by atoms with Gasteiger partial charge in [-0.1, -0.05) is 24.3 Å². The molecule has 1 aromatic heterocycles. The van der Waals surface area contributed by atoms with Crippen molar-refractivity contribution in [3.8, 4) is 0 Å². The van der Waals surface area contributed by atoms with Gasteiger partial charge < -0.3 is 20.1 Å². The van der Waals surface area contributed by atoms with Crippen LogP contribution in [0.1, 0.15) is 25.3 Å². The molecule has 0 bridgehead atoms. The van der Waals surface area contributed by atoms with Crippen molar-refractivity contribution < 1.29 is 9.59 Å². The van der Waals surface area contributed by atoms with Gasteiger partial charge in [0, 0.05) is 87.1 Å². The van der Waals surface area contributed by atoms with Gasteiger partial charge in [-0.15, -0.1) is 0 Å². The fraction of sp³-hybridized carbons (Fsp3) is 0.407. The first-order valence-corrected chi connectivity index (χ1v) is 12.3. The summed E-state index contributed by atoms with van der Waals surface area (Å²) in [6.07, 6.45) is 4.28. The number of nitrogens with zero attached hydrogens (tertiary/aromatic N) is 3. The van der Waals surface area contributed by atoms with Crippen molar-refractivity contribution in [2.24, 2.45) is 0 Å². The molecular weight excluding hydrogens is 426 g/mol. The predicted molar refractivity (Wildman–Crippen MR) is 136 cm³/mol. The Morgan fingerprint density at radius 1 is 1.00 bits per heavy atom. The molecule has 0 aliphatic carbocycles. The minimum Gasteiger partial charge on any atom is -0.368 e. The quantitative estimate of drug-likeness (QED) is 0.594. The maximum atomic E-state index is 13.3. The molecule has 2 aromatic carbocycles. The third-order valence-electron chi connectivity index (χ3n) is 7.10. The molecule has 7 nitrogen and oxygen atoms in total. The van der Waals surface area contributed by atoms with E-state index < -0.39 is 0 Å². The van der Waals surface area contributed by atoms with Gasteiger partial charge in [-0.05, 0) is 42.7 Å². The number of H-pyrrole nitrogens is 1. The van der Waals surface area contributed by atoms with Crippen molar-refractivity contribution >= 4 is 34.1 Å². The summed E-state index contributed by atoms with van der Waals surface area (Å²) in [7, 11) is 0. The van der Waals surface area contributed by atoms with Crippen LogP contribution in [0.3, 0.4) is 0 Å². The number of nitrogens with one attached hydrogen (secondary N) is 2. The molecule has 2 N–H and O–H groups in total. The van der Waals surface area contributed by atoms with Crippen LogP contribution in [0, 0.1) is 0 Å². The van der Waals surface area contributed by atoms with Crippen molar-refractivity contribution in [3.63, 3.8) is 0 Å². The second-order valence-corrected chi connectivity index (χ2v) is 9.32. The van der Waals surface area contributed by atoms with E-state index in [1.54, 1.807) is 0 Å². The third kappa shape index (κ3) is 4.66. The number of benzene rings is 2. The molecule has 1 fully saturated rings. The highest BCUT2D eigenvalue weighted by Crippen LogP contribution is 2.32. The number of aromatic nitrogens is 1. The molecule has 178 valence electrons. The number of carbonyl (C=O) groups excluding carboxylic acids is 2.